The van der Waals surface area contributed by atoms with Crippen LogP contribution in [0.2, 0.25) is 0 Å². The number of carbonyl (C=O) groups excluding carboxylic acids is 1. The van der Waals surface area contributed by atoms with Gasteiger partial charge < -0.3 is 10.6 Å². The van der Waals surface area contributed by atoms with E-state index in [2.05, 4.69) is 4.90 Å². The summed E-state index contributed by atoms with van der Waals surface area (Å²) in [6.45, 7) is 2.00. The van der Waals surface area contributed by atoms with Crippen molar-refractivity contribution in [3.8, 4) is 0 Å². The van der Waals surface area contributed by atoms with E-state index >= 15 is 0 Å². The fraction of sp³-hybridized carbons (Fsp3) is 0.900. The molecule has 1 rings (SSSR count). The molecule has 0 aromatic rings. The fourth-order valence-corrected chi connectivity index (χ4v) is 1.62. The van der Waals surface area contributed by atoms with Gasteiger partial charge in [0.2, 0.25) is 5.91 Å². The first-order valence-corrected chi connectivity index (χ1v) is 5.29. The molecule has 0 aliphatic heterocycles. The molecule has 1 fully saturated rings. The lowest BCUT2D eigenvalue weighted by molar-refractivity contribution is -0.130. The minimum absolute atomic E-state index is 0.172. The molecule has 0 atom stereocenters. The van der Waals surface area contributed by atoms with E-state index in [0.717, 1.165) is 6.54 Å². The molecule has 0 unspecified atom stereocenters. The van der Waals surface area contributed by atoms with E-state index in [1.165, 1.54) is 19.3 Å². The molecule has 0 spiro atoms. The van der Waals surface area contributed by atoms with Gasteiger partial charge in [-0.05, 0) is 12.8 Å². The number of amides is 1. The van der Waals surface area contributed by atoms with Crippen molar-refractivity contribution < 1.29 is 4.79 Å². The summed E-state index contributed by atoms with van der Waals surface area (Å²) in [6.07, 6.45) is 3.74. The lowest BCUT2D eigenvalue weighted by Crippen LogP contribution is -2.47. The molecule has 1 amide bonds. The van der Waals surface area contributed by atoms with E-state index in [1.54, 1.807) is 19.0 Å². The topological polar surface area (TPSA) is 49.6 Å². The van der Waals surface area contributed by atoms with Crippen LogP contribution in [0.1, 0.15) is 19.3 Å². The Morgan fingerprint density at radius 1 is 1.43 bits per heavy atom. The van der Waals surface area contributed by atoms with Crippen molar-refractivity contribution in [1.29, 1.82) is 0 Å². The standard InChI is InChI=1S/C10H21N3O/c1-12(2)10(14)8-13(7-6-11)9-4-3-5-9/h9H,3-8,11H2,1-2H3. The van der Waals surface area contributed by atoms with Crippen LogP contribution < -0.4 is 5.73 Å². The molecule has 1 saturated carbocycles. The number of nitrogens with two attached hydrogens (primary N) is 1. The molecular weight excluding hydrogens is 178 g/mol. The minimum Gasteiger partial charge on any atom is -0.348 e. The molecule has 82 valence electrons. The van der Waals surface area contributed by atoms with Crippen molar-refractivity contribution >= 4 is 5.91 Å². The summed E-state index contributed by atoms with van der Waals surface area (Å²) in [4.78, 5) is 15.4. The van der Waals surface area contributed by atoms with Gasteiger partial charge in [0.1, 0.15) is 0 Å². The first-order valence-electron chi connectivity index (χ1n) is 5.29. The maximum atomic E-state index is 11.5. The zero-order valence-corrected chi connectivity index (χ0v) is 9.20. The van der Waals surface area contributed by atoms with Crippen molar-refractivity contribution in [1.82, 2.24) is 9.80 Å². The molecule has 4 heteroatoms. The Morgan fingerprint density at radius 2 is 2.07 bits per heavy atom. The summed E-state index contributed by atoms with van der Waals surface area (Å²) in [5.41, 5.74) is 5.53. The Labute approximate surface area is 86.0 Å². The van der Waals surface area contributed by atoms with Crippen LogP contribution in [0, 0.1) is 0 Å². The number of nitrogens with zero attached hydrogens (tertiary/aromatic N) is 2. The van der Waals surface area contributed by atoms with Crippen LogP contribution in [0.3, 0.4) is 0 Å². The van der Waals surface area contributed by atoms with E-state index < -0.39 is 0 Å². The highest BCUT2D eigenvalue weighted by molar-refractivity contribution is 5.77. The molecule has 0 saturated heterocycles. The van der Waals surface area contributed by atoms with Gasteiger partial charge in [-0.25, -0.2) is 0 Å². The Morgan fingerprint density at radius 3 is 2.43 bits per heavy atom. The average Bonchev–Trinajstić information content (AvgIpc) is 2.01. The zero-order valence-electron chi connectivity index (χ0n) is 9.20. The smallest absolute Gasteiger partial charge is 0.236 e. The molecule has 14 heavy (non-hydrogen) atoms. The van der Waals surface area contributed by atoms with Gasteiger partial charge in [0, 0.05) is 33.2 Å². The van der Waals surface area contributed by atoms with E-state index in [1.807, 2.05) is 0 Å². The quantitative estimate of drug-likeness (QED) is 0.672. The van der Waals surface area contributed by atoms with Crippen molar-refractivity contribution in [3.05, 3.63) is 0 Å². The number of hydrogen-bond acceptors (Lipinski definition) is 3. The number of likely N-dealkylation sites (N-methyl/N-ethyl adjacent to an activating group) is 1. The first-order chi connectivity index (χ1) is 6.65. The number of hydrogen-bond donors (Lipinski definition) is 1. The maximum Gasteiger partial charge on any atom is 0.236 e. The molecular formula is C10H21N3O. The Kier molecular flexibility index (Phi) is 4.35. The molecule has 0 aromatic carbocycles. The van der Waals surface area contributed by atoms with Crippen molar-refractivity contribution in [2.45, 2.75) is 25.3 Å². The third-order valence-electron chi connectivity index (χ3n) is 2.84. The lowest BCUT2D eigenvalue weighted by Gasteiger charge is -2.37. The van der Waals surface area contributed by atoms with Crippen LogP contribution in [-0.2, 0) is 4.79 Å². The third kappa shape index (κ3) is 2.96. The van der Waals surface area contributed by atoms with Gasteiger partial charge in [-0.3, -0.25) is 9.69 Å². The average molecular weight is 199 g/mol. The molecule has 0 radical (unpaired) electrons. The summed E-state index contributed by atoms with van der Waals surface area (Å²) >= 11 is 0. The molecule has 1 aliphatic rings. The first kappa shape index (κ1) is 11.5. The predicted molar refractivity (Wildman–Crippen MR) is 57.0 cm³/mol. The van der Waals surface area contributed by atoms with Gasteiger partial charge in [0.25, 0.3) is 0 Å². The fourth-order valence-electron chi connectivity index (χ4n) is 1.62. The highest BCUT2D eigenvalue weighted by atomic mass is 16.2. The Balaban J connectivity index is 2.37. The predicted octanol–water partition coefficient (Wildman–Crippen LogP) is -0.112. The second-order valence-corrected chi connectivity index (χ2v) is 4.13. The molecule has 1 aliphatic carbocycles. The highest BCUT2D eigenvalue weighted by Gasteiger charge is 2.26. The van der Waals surface area contributed by atoms with E-state index in [4.69, 9.17) is 5.73 Å². The summed E-state index contributed by atoms with van der Waals surface area (Å²) in [5.74, 6) is 0.172. The third-order valence-corrected chi connectivity index (χ3v) is 2.84. The van der Waals surface area contributed by atoms with Crippen molar-refractivity contribution in [2.24, 2.45) is 5.73 Å². The number of carbonyl (C=O) groups is 1. The van der Waals surface area contributed by atoms with Gasteiger partial charge in [0.15, 0.2) is 0 Å². The van der Waals surface area contributed by atoms with Crippen LogP contribution in [0.15, 0.2) is 0 Å². The summed E-state index contributed by atoms with van der Waals surface area (Å²) < 4.78 is 0. The van der Waals surface area contributed by atoms with Gasteiger partial charge in [0.05, 0.1) is 6.54 Å². The lowest BCUT2D eigenvalue weighted by atomic mass is 9.91. The second kappa shape index (κ2) is 5.32. The van der Waals surface area contributed by atoms with Gasteiger partial charge in [-0.15, -0.1) is 0 Å². The Bertz CT molecular complexity index is 190. The Hall–Kier alpha value is -0.610. The van der Waals surface area contributed by atoms with Gasteiger partial charge >= 0.3 is 0 Å². The van der Waals surface area contributed by atoms with E-state index in [0.29, 0.717) is 19.1 Å². The van der Waals surface area contributed by atoms with Crippen LogP contribution in [-0.4, -0.2) is 55.5 Å². The maximum absolute atomic E-state index is 11.5. The van der Waals surface area contributed by atoms with E-state index in [9.17, 15) is 4.79 Å². The molecule has 4 nitrogen and oxygen atoms in total. The molecule has 0 heterocycles. The van der Waals surface area contributed by atoms with E-state index in [-0.39, 0.29) is 5.91 Å². The minimum atomic E-state index is 0.172. The largest absolute Gasteiger partial charge is 0.348 e. The molecule has 0 bridgehead atoms. The summed E-state index contributed by atoms with van der Waals surface area (Å²) in [6, 6.07) is 0.599. The van der Waals surface area contributed by atoms with Gasteiger partial charge in [-0.1, -0.05) is 6.42 Å². The van der Waals surface area contributed by atoms with Crippen LogP contribution in [0.4, 0.5) is 0 Å². The molecule has 2 N–H and O–H groups in total. The van der Waals surface area contributed by atoms with Gasteiger partial charge in [-0.2, -0.15) is 0 Å². The second-order valence-electron chi connectivity index (χ2n) is 4.13. The van der Waals surface area contributed by atoms with Crippen molar-refractivity contribution in [2.75, 3.05) is 33.7 Å². The van der Waals surface area contributed by atoms with Crippen LogP contribution in [0.25, 0.3) is 0 Å². The SMILES string of the molecule is CN(C)C(=O)CN(CCN)C1CCC1. The van der Waals surface area contributed by atoms with Crippen LogP contribution in [0.5, 0.6) is 0 Å². The normalized spacial score (nSPS) is 16.9. The highest BCUT2D eigenvalue weighted by Crippen LogP contribution is 2.24. The van der Waals surface area contributed by atoms with Crippen molar-refractivity contribution in [3.63, 3.8) is 0 Å². The summed E-state index contributed by atoms with van der Waals surface area (Å²) in [7, 11) is 3.59. The zero-order chi connectivity index (χ0) is 10.6. The summed E-state index contributed by atoms with van der Waals surface area (Å²) in [5, 5.41) is 0. The van der Waals surface area contributed by atoms with Crippen LogP contribution >= 0.6 is 0 Å². The number of rotatable bonds is 5. The molecule has 0 aromatic heterocycles. The monoisotopic (exact) mass is 199 g/mol.